The lowest BCUT2D eigenvalue weighted by Crippen LogP contribution is -2.37. The van der Waals surface area contributed by atoms with Crippen molar-refractivity contribution in [1.82, 2.24) is 5.32 Å². The van der Waals surface area contributed by atoms with E-state index in [9.17, 15) is 9.59 Å². The molecule has 6 nitrogen and oxygen atoms in total. The first-order valence-corrected chi connectivity index (χ1v) is 7.66. The van der Waals surface area contributed by atoms with Crippen LogP contribution in [0.3, 0.4) is 0 Å². The summed E-state index contributed by atoms with van der Waals surface area (Å²) in [5.41, 5.74) is 0. The van der Waals surface area contributed by atoms with Crippen LogP contribution >= 0.6 is 15.9 Å². The van der Waals surface area contributed by atoms with Gasteiger partial charge in [-0.15, -0.1) is 0 Å². The molecule has 7 heteroatoms. The Bertz CT molecular complexity index is 495. The molecule has 0 aliphatic heterocycles. The normalized spacial score (nSPS) is 11.6. The molecule has 1 amide bonds. The molecule has 0 unspecified atom stereocenters. The van der Waals surface area contributed by atoms with Gasteiger partial charge in [0.15, 0.2) is 6.10 Å². The van der Waals surface area contributed by atoms with Crippen molar-refractivity contribution in [2.75, 3.05) is 26.9 Å². The number of carbonyl (C=O) groups excluding carboxylic acids is 2. The zero-order valence-electron chi connectivity index (χ0n) is 12.6. The van der Waals surface area contributed by atoms with Gasteiger partial charge in [-0.3, -0.25) is 9.59 Å². The van der Waals surface area contributed by atoms with E-state index in [4.69, 9.17) is 14.2 Å². The maximum Gasteiger partial charge on any atom is 0.310 e. The summed E-state index contributed by atoms with van der Waals surface area (Å²) in [5, 5.41) is 2.60. The molecular weight excluding hydrogens is 354 g/mol. The predicted molar refractivity (Wildman–Crippen MR) is 84.7 cm³/mol. The number of carbonyl (C=O) groups is 2. The van der Waals surface area contributed by atoms with Gasteiger partial charge in [0.05, 0.1) is 19.6 Å². The summed E-state index contributed by atoms with van der Waals surface area (Å²) in [6.07, 6.45) is -0.766. The van der Waals surface area contributed by atoms with E-state index in [2.05, 4.69) is 21.2 Å². The molecule has 0 aromatic heterocycles. The maximum atomic E-state index is 11.6. The van der Waals surface area contributed by atoms with Gasteiger partial charge in [-0.05, 0) is 25.1 Å². The monoisotopic (exact) mass is 373 g/mol. The molecule has 0 radical (unpaired) electrons. The SMILES string of the molecule is COCCNC(=O)[C@H](C)OC(=O)CCOc1cccc(Br)c1. The van der Waals surface area contributed by atoms with E-state index in [1.54, 1.807) is 19.2 Å². The van der Waals surface area contributed by atoms with Gasteiger partial charge in [-0.25, -0.2) is 0 Å². The molecule has 0 heterocycles. The molecule has 122 valence electrons. The molecular formula is C15H20BrNO5. The first-order chi connectivity index (χ1) is 10.5. The summed E-state index contributed by atoms with van der Waals surface area (Å²) >= 11 is 3.33. The highest BCUT2D eigenvalue weighted by Crippen LogP contribution is 2.17. The summed E-state index contributed by atoms with van der Waals surface area (Å²) in [4.78, 5) is 23.2. The van der Waals surface area contributed by atoms with Crippen LogP contribution < -0.4 is 10.1 Å². The second kappa shape index (κ2) is 10.2. The van der Waals surface area contributed by atoms with Gasteiger partial charge < -0.3 is 19.5 Å². The number of hydrogen-bond donors (Lipinski definition) is 1. The van der Waals surface area contributed by atoms with Crippen molar-refractivity contribution in [3.05, 3.63) is 28.7 Å². The van der Waals surface area contributed by atoms with Crippen LogP contribution in [0.4, 0.5) is 0 Å². The van der Waals surface area contributed by atoms with Gasteiger partial charge in [-0.2, -0.15) is 0 Å². The van der Waals surface area contributed by atoms with Crippen LogP contribution in [0.5, 0.6) is 5.75 Å². The lowest BCUT2D eigenvalue weighted by molar-refractivity contribution is -0.155. The molecule has 0 fully saturated rings. The van der Waals surface area contributed by atoms with Crippen LogP contribution in [0.2, 0.25) is 0 Å². The van der Waals surface area contributed by atoms with Crippen LogP contribution in [0.15, 0.2) is 28.7 Å². The first-order valence-electron chi connectivity index (χ1n) is 6.87. The van der Waals surface area contributed by atoms with E-state index in [0.717, 1.165) is 4.47 Å². The Morgan fingerprint density at radius 3 is 2.77 bits per heavy atom. The van der Waals surface area contributed by atoms with Crippen LogP contribution in [-0.2, 0) is 19.1 Å². The molecule has 1 N–H and O–H groups in total. The quantitative estimate of drug-likeness (QED) is 0.528. The van der Waals surface area contributed by atoms with Crippen LogP contribution in [-0.4, -0.2) is 44.8 Å². The zero-order valence-corrected chi connectivity index (χ0v) is 14.2. The molecule has 0 aliphatic carbocycles. The van der Waals surface area contributed by atoms with Crippen LogP contribution in [0, 0.1) is 0 Å². The fraction of sp³-hybridized carbons (Fsp3) is 0.467. The van der Waals surface area contributed by atoms with Crippen molar-refractivity contribution in [1.29, 1.82) is 0 Å². The van der Waals surface area contributed by atoms with Gasteiger partial charge in [-0.1, -0.05) is 22.0 Å². The van der Waals surface area contributed by atoms with Crippen molar-refractivity contribution >= 4 is 27.8 Å². The van der Waals surface area contributed by atoms with E-state index in [-0.39, 0.29) is 18.9 Å². The number of rotatable bonds is 9. The van der Waals surface area contributed by atoms with E-state index < -0.39 is 12.1 Å². The number of halogens is 1. The smallest absolute Gasteiger partial charge is 0.310 e. The Hall–Kier alpha value is -1.60. The minimum Gasteiger partial charge on any atom is -0.493 e. The van der Waals surface area contributed by atoms with Gasteiger partial charge in [0.2, 0.25) is 0 Å². The summed E-state index contributed by atoms with van der Waals surface area (Å²) in [6, 6.07) is 7.31. The van der Waals surface area contributed by atoms with Crippen molar-refractivity contribution in [2.45, 2.75) is 19.4 Å². The average molecular weight is 374 g/mol. The first kappa shape index (κ1) is 18.4. The molecule has 0 bridgehead atoms. The minimum absolute atomic E-state index is 0.0716. The van der Waals surface area contributed by atoms with Crippen molar-refractivity contribution in [3.8, 4) is 5.75 Å². The average Bonchev–Trinajstić information content (AvgIpc) is 2.47. The number of nitrogens with one attached hydrogen (secondary N) is 1. The molecule has 1 atom stereocenters. The van der Waals surface area contributed by atoms with Crippen molar-refractivity contribution < 1.29 is 23.8 Å². The number of ether oxygens (including phenoxy) is 3. The molecule has 0 saturated carbocycles. The number of esters is 1. The molecule has 1 aromatic rings. The fourth-order valence-electron chi connectivity index (χ4n) is 1.54. The highest BCUT2D eigenvalue weighted by atomic mass is 79.9. The van der Waals surface area contributed by atoms with Gasteiger partial charge in [0, 0.05) is 18.1 Å². The predicted octanol–water partition coefficient (Wildman–Crippen LogP) is 1.91. The number of methoxy groups -OCH3 is 1. The van der Waals surface area contributed by atoms with Crippen LogP contribution in [0.25, 0.3) is 0 Å². The largest absolute Gasteiger partial charge is 0.493 e. The summed E-state index contributed by atoms with van der Waals surface area (Å²) in [5.74, 6) is -0.171. The Morgan fingerprint density at radius 2 is 2.09 bits per heavy atom. The van der Waals surface area contributed by atoms with Gasteiger partial charge >= 0.3 is 5.97 Å². The summed E-state index contributed by atoms with van der Waals surface area (Å²) in [7, 11) is 1.54. The highest BCUT2D eigenvalue weighted by molar-refractivity contribution is 9.10. The van der Waals surface area contributed by atoms with E-state index in [1.807, 2.05) is 12.1 Å². The number of benzene rings is 1. The molecule has 1 aromatic carbocycles. The standard InChI is InChI=1S/C15H20BrNO5/c1-11(15(19)17-7-9-20-2)22-14(18)6-8-21-13-5-3-4-12(16)10-13/h3-5,10-11H,6-9H2,1-2H3,(H,17,19)/t11-/m0/s1. The molecule has 0 saturated heterocycles. The van der Waals surface area contributed by atoms with Crippen molar-refractivity contribution in [2.24, 2.45) is 0 Å². The lowest BCUT2D eigenvalue weighted by atomic mass is 10.3. The fourth-order valence-corrected chi connectivity index (χ4v) is 1.92. The van der Waals surface area contributed by atoms with Crippen LogP contribution in [0.1, 0.15) is 13.3 Å². The maximum absolute atomic E-state index is 11.6. The Labute approximate surface area is 138 Å². The molecule has 22 heavy (non-hydrogen) atoms. The minimum atomic E-state index is -0.838. The van der Waals surface area contributed by atoms with E-state index in [0.29, 0.717) is 18.9 Å². The lowest BCUT2D eigenvalue weighted by Gasteiger charge is -2.13. The topological polar surface area (TPSA) is 73.9 Å². The second-order valence-electron chi connectivity index (χ2n) is 4.47. The third-order valence-electron chi connectivity index (χ3n) is 2.65. The number of hydrogen-bond acceptors (Lipinski definition) is 5. The molecule has 0 aliphatic rings. The van der Waals surface area contributed by atoms with Gasteiger partial charge in [0.25, 0.3) is 5.91 Å². The Morgan fingerprint density at radius 1 is 1.32 bits per heavy atom. The Balaban J connectivity index is 2.23. The van der Waals surface area contributed by atoms with E-state index >= 15 is 0 Å². The molecule has 1 rings (SSSR count). The van der Waals surface area contributed by atoms with Crippen molar-refractivity contribution in [3.63, 3.8) is 0 Å². The van der Waals surface area contributed by atoms with Gasteiger partial charge in [0.1, 0.15) is 5.75 Å². The summed E-state index contributed by atoms with van der Waals surface area (Å²) < 4.78 is 16.2. The molecule has 0 spiro atoms. The Kier molecular flexibility index (Phi) is 8.54. The van der Waals surface area contributed by atoms with E-state index in [1.165, 1.54) is 6.92 Å². The second-order valence-corrected chi connectivity index (χ2v) is 5.39. The number of amides is 1. The zero-order chi connectivity index (χ0) is 16.4. The third kappa shape index (κ3) is 7.42. The third-order valence-corrected chi connectivity index (χ3v) is 3.15. The summed E-state index contributed by atoms with van der Waals surface area (Å²) in [6.45, 7) is 2.50. The highest BCUT2D eigenvalue weighted by Gasteiger charge is 2.17.